The number of carbonyl (C=O) groups excluding carboxylic acids is 1. The van der Waals surface area contributed by atoms with Crippen molar-refractivity contribution < 1.29 is 14.7 Å². The monoisotopic (exact) mass is 244 g/mol. The van der Waals surface area contributed by atoms with Crippen LogP contribution in [0.4, 0.5) is 4.79 Å². The molecule has 0 aromatic carbocycles. The second-order valence-electron chi connectivity index (χ2n) is 5.18. The SMILES string of the molecule is CCC(C)(C)CNC(=O)NC(C)CCC(=O)O. The van der Waals surface area contributed by atoms with Gasteiger partial charge in [-0.25, -0.2) is 4.79 Å². The first-order valence-electron chi connectivity index (χ1n) is 6.03. The zero-order valence-electron chi connectivity index (χ0n) is 11.2. The van der Waals surface area contributed by atoms with E-state index in [2.05, 4.69) is 31.4 Å². The fourth-order valence-corrected chi connectivity index (χ4v) is 1.13. The van der Waals surface area contributed by atoms with E-state index in [1.807, 2.05) is 0 Å². The van der Waals surface area contributed by atoms with Crippen LogP contribution in [0.15, 0.2) is 0 Å². The molecule has 17 heavy (non-hydrogen) atoms. The van der Waals surface area contributed by atoms with E-state index in [1.54, 1.807) is 6.92 Å². The van der Waals surface area contributed by atoms with Gasteiger partial charge in [-0.05, 0) is 25.2 Å². The molecule has 0 aliphatic rings. The first kappa shape index (κ1) is 15.7. The maximum absolute atomic E-state index is 11.5. The molecule has 1 atom stereocenters. The summed E-state index contributed by atoms with van der Waals surface area (Å²) in [6.45, 7) is 8.66. The van der Waals surface area contributed by atoms with Crippen molar-refractivity contribution in [3.8, 4) is 0 Å². The van der Waals surface area contributed by atoms with Crippen LogP contribution in [0.3, 0.4) is 0 Å². The Kier molecular flexibility index (Phi) is 6.61. The highest BCUT2D eigenvalue weighted by molar-refractivity contribution is 5.74. The summed E-state index contributed by atoms with van der Waals surface area (Å²) >= 11 is 0. The van der Waals surface area contributed by atoms with Crippen LogP contribution in [0.25, 0.3) is 0 Å². The van der Waals surface area contributed by atoms with Crippen LogP contribution < -0.4 is 10.6 Å². The van der Waals surface area contributed by atoms with Gasteiger partial charge >= 0.3 is 12.0 Å². The van der Waals surface area contributed by atoms with E-state index in [-0.39, 0.29) is 23.9 Å². The van der Waals surface area contributed by atoms with E-state index in [9.17, 15) is 9.59 Å². The lowest BCUT2D eigenvalue weighted by Crippen LogP contribution is -2.44. The third-order valence-electron chi connectivity index (χ3n) is 2.85. The number of rotatable bonds is 7. The molecule has 0 aliphatic heterocycles. The van der Waals surface area contributed by atoms with Crippen molar-refractivity contribution in [2.24, 2.45) is 5.41 Å². The minimum atomic E-state index is -0.842. The molecule has 1 unspecified atom stereocenters. The van der Waals surface area contributed by atoms with Gasteiger partial charge < -0.3 is 15.7 Å². The normalized spacial score (nSPS) is 12.9. The molecule has 0 saturated carbocycles. The molecule has 0 bridgehead atoms. The summed E-state index contributed by atoms with van der Waals surface area (Å²) in [5.74, 6) is -0.842. The molecular formula is C12H24N2O3. The molecule has 0 aromatic heterocycles. The summed E-state index contributed by atoms with van der Waals surface area (Å²) in [4.78, 5) is 21.8. The van der Waals surface area contributed by atoms with Crippen molar-refractivity contribution in [3.05, 3.63) is 0 Å². The van der Waals surface area contributed by atoms with Crippen LogP contribution in [0.1, 0.15) is 47.0 Å². The van der Waals surface area contributed by atoms with Crippen LogP contribution >= 0.6 is 0 Å². The zero-order chi connectivity index (χ0) is 13.5. The number of aliphatic carboxylic acids is 1. The largest absolute Gasteiger partial charge is 0.481 e. The second kappa shape index (κ2) is 7.14. The Morgan fingerprint density at radius 1 is 1.35 bits per heavy atom. The fourth-order valence-electron chi connectivity index (χ4n) is 1.13. The summed E-state index contributed by atoms with van der Waals surface area (Å²) in [6, 6.07) is -0.361. The molecule has 0 heterocycles. The average molecular weight is 244 g/mol. The highest BCUT2D eigenvalue weighted by atomic mass is 16.4. The molecule has 0 fully saturated rings. The van der Waals surface area contributed by atoms with Crippen molar-refractivity contribution in [1.82, 2.24) is 10.6 Å². The van der Waals surface area contributed by atoms with E-state index >= 15 is 0 Å². The Balaban J connectivity index is 3.82. The summed E-state index contributed by atoms with van der Waals surface area (Å²) < 4.78 is 0. The van der Waals surface area contributed by atoms with Gasteiger partial charge in [0.2, 0.25) is 0 Å². The Hall–Kier alpha value is -1.26. The van der Waals surface area contributed by atoms with E-state index in [4.69, 9.17) is 5.11 Å². The molecular weight excluding hydrogens is 220 g/mol. The number of carboxylic acids is 1. The van der Waals surface area contributed by atoms with E-state index in [0.717, 1.165) is 6.42 Å². The number of carboxylic acid groups (broad SMARTS) is 1. The van der Waals surface area contributed by atoms with Crippen LogP contribution in [0.5, 0.6) is 0 Å². The van der Waals surface area contributed by atoms with Gasteiger partial charge in [-0.1, -0.05) is 20.8 Å². The molecule has 0 spiro atoms. The first-order valence-corrected chi connectivity index (χ1v) is 6.03. The summed E-state index contributed by atoms with van der Waals surface area (Å²) in [6.07, 6.45) is 1.50. The van der Waals surface area contributed by atoms with Gasteiger partial charge in [0, 0.05) is 19.0 Å². The Bertz CT molecular complexity index is 264. The van der Waals surface area contributed by atoms with Crippen LogP contribution in [0.2, 0.25) is 0 Å². The Labute approximate surface area is 103 Å². The number of hydrogen-bond donors (Lipinski definition) is 3. The minimum absolute atomic E-state index is 0.0713. The van der Waals surface area contributed by atoms with Gasteiger partial charge in [-0.15, -0.1) is 0 Å². The van der Waals surface area contributed by atoms with Crippen LogP contribution in [0, 0.1) is 5.41 Å². The van der Waals surface area contributed by atoms with Gasteiger partial charge in [0.15, 0.2) is 0 Å². The van der Waals surface area contributed by atoms with Gasteiger partial charge in [-0.2, -0.15) is 0 Å². The predicted octanol–water partition coefficient (Wildman–Crippen LogP) is 1.98. The van der Waals surface area contributed by atoms with Crippen molar-refractivity contribution in [2.45, 2.75) is 53.0 Å². The highest BCUT2D eigenvalue weighted by Gasteiger charge is 2.16. The maximum atomic E-state index is 11.5. The van der Waals surface area contributed by atoms with Crippen molar-refractivity contribution in [3.63, 3.8) is 0 Å². The van der Waals surface area contributed by atoms with Crippen molar-refractivity contribution >= 4 is 12.0 Å². The van der Waals surface area contributed by atoms with Crippen molar-refractivity contribution in [1.29, 1.82) is 0 Å². The predicted molar refractivity (Wildman–Crippen MR) is 66.9 cm³/mol. The summed E-state index contributed by atoms with van der Waals surface area (Å²) in [5, 5.41) is 14.0. The van der Waals surface area contributed by atoms with Gasteiger partial charge in [-0.3, -0.25) is 4.79 Å². The lowest BCUT2D eigenvalue weighted by atomic mass is 9.90. The van der Waals surface area contributed by atoms with Gasteiger partial charge in [0.05, 0.1) is 0 Å². The number of nitrogens with one attached hydrogen (secondary N) is 2. The number of urea groups is 1. The van der Waals surface area contributed by atoms with Crippen LogP contribution in [-0.2, 0) is 4.79 Å². The third-order valence-corrected chi connectivity index (χ3v) is 2.85. The second-order valence-corrected chi connectivity index (χ2v) is 5.18. The summed E-state index contributed by atoms with van der Waals surface area (Å²) in [5.41, 5.74) is 0.0850. The zero-order valence-corrected chi connectivity index (χ0v) is 11.2. The molecule has 0 aliphatic carbocycles. The standard InChI is InChI=1S/C12H24N2O3/c1-5-12(3,4)8-13-11(17)14-9(2)6-7-10(15)16/h9H,5-8H2,1-4H3,(H,15,16)(H2,13,14,17). The van der Waals surface area contributed by atoms with Gasteiger partial charge in [0.1, 0.15) is 0 Å². The van der Waals surface area contributed by atoms with E-state index in [1.165, 1.54) is 0 Å². The smallest absolute Gasteiger partial charge is 0.315 e. The third kappa shape index (κ3) is 8.54. The lowest BCUT2D eigenvalue weighted by Gasteiger charge is -2.23. The highest BCUT2D eigenvalue weighted by Crippen LogP contribution is 2.17. The molecule has 0 saturated heterocycles. The fraction of sp³-hybridized carbons (Fsp3) is 0.833. The number of carbonyl (C=O) groups is 2. The van der Waals surface area contributed by atoms with E-state index < -0.39 is 5.97 Å². The Morgan fingerprint density at radius 3 is 2.41 bits per heavy atom. The van der Waals surface area contributed by atoms with Gasteiger partial charge in [0.25, 0.3) is 0 Å². The molecule has 100 valence electrons. The quantitative estimate of drug-likeness (QED) is 0.640. The maximum Gasteiger partial charge on any atom is 0.315 e. The minimum Gasteiger partial charge on any atom is -0.481 e. The Morgan fingerprint density at radius 2 is 1.94 bits per heavy atom. The lowest BCUT2D eigenvalue weighted by molar-refractivity contribution is -0.137. The summed E-state index contributed by atoms with van der Waals surface area (Å²) in [7, 11) is 0. The topological polar surface area (TPSA) is 78.4 Å². The van der Waals surface area contributed by atoms with Crippen molar-refractivity contribution in [2.75, 3.05) is 6.54 Å². The average Bonchev–Trinajstić information content (AvgIpc) is 2.24. The number of hydrogen-bond acceptors (Lipinski definition) is 2. The molecule has 5 nitrogen and oxygen atoms in total. The molecule has 2 amide bonds. The number of amides is 2. The molecule has 0 aromatic rings. The molecule has 0 radical (unpaired) electrons. The van der Waals surface area contributed by atoms with E-state index in [0.29, 0.717) is 13.0 Å². The molecule has 0 rings (SSSR count). The molecule has 5 heteroatoms. The first-order chi connectivity index (χ1) is 7.76. The molecule has 3 N–H and O–H groups in total. The van der Waals surface area contributed by atoms with Crippen LogP contribution in [-0.4, -0.2) is 29.7 Å².